The highest BCUT2D eigenvalue weighted by Gasteiger charge is 2.44. The van der Waals surface area contributed by atoms with Gasteiger partial charge in [-0.3, -0.25) is 4.79 Å². The molecule has 0 aliphatic heterocycles. The highest BCUT2D eigenvalue weighted by Crippen LogP contribution is 2.43. The van der Waals surface area contributed by atoms with Crippen LogP contribution in [0.25, 0.3) is 0 Å². The maximum absolute atomic E-state index is 11.5. The zero-order valence-corrected chi connectivity index (χ0v) is 7.55. The van der Waals surface area contributed by atoms with Crippen molar-refractivity contribution in [3.05, 3.63) is 12.7 Å². The molecule has 0 bridgehead atoms. The lowest BCUT2D eigenvalue weighted by molar-refractivity contribution is -0.127. The summed E-state index contributed by atoms with van der Waals surface area (Å²) < 4.78 is 0. The van der Waals surface area contributed by atoms with Crippen LogP contribution in [0, 0.1) is 17.3 Å². The van der Waals surface area contributed by atoms with E-state index in [4.69, 9.17) is 0 Å². The summed E-state index contributed by atoms with van der Waals surface area (Å²) in [6, 6.07) is 0. The van der Waals surface area contributed by atoms with Gasteiger partial charge < -0.3 is 0 Å². The minimum atomic E-state index is -0.164. The van der Waals surface area contributed by atoms with Crippen molar-refractivity contribution in [2.45, 2.75) is 27.2 Å². The quantitative estimate of drug-likeness (QED) is 0.555. The van der Waals surface area contributed by atoms with E-state index in [1.165, 1.54) is 0 Å². The van der Waals surface area contributed by atoms with Crippen molar-refractivity contribution >= 4 is 5.78 Å². The number of hydrogen-bond acceptors (Lipinski definition) is 1. The predicted octanol–water partition coefficient (Wildman–Crippen LogP) is 2.42. The Bertz CT molecular complexity index is 186. The van der Waals surface area contributed by atoms with Crippen molar-refractivity contribution in [3.63, 3.8) is 0 Å². The van der Waals surface area contributed by atoms with Gasteiger partial charge in [0.25, 0.3) is 0 Å². The maximum Gasteiger partial charge on any atom is 0.141 e. The molecular weight excluding hydrogens is 136 g/mol. The van der Waals surface area contributed by atoms with Gasteiger partial charge in [0, 0.05) is 11.3 Å². The minimum Gasteiger partial charge on any atom is -0.299 e. The molecule has 1 heteroatoms. The lowest BCUT2D eigenvalue weighted by Crippen LogP contribution is -2.22. The molecule has 1 rings (SSSR count). The molecule has 1 aliphatic rings. The van der Waals surface area contributed by atoms with E-state index in [9.17, 15) is 4.79 Å². The Morgan fingerprint density at radius 2 is 2.09 bits per heavy atom. The first kappa shape index (κ1) is 8.51. The topological polar surface area (TPSA) is 17.1 Å². The molecule has 2 atom stereocenters. The Hall–Kier alpha value is -0.590. The first-order chi connectivity index (χ1) is 4.96. The molecule has 0 spiro atoms. The molecule has 62 valence electrons. The van der Waals surface area contributed by atoms with Gasteiger partial charge in [0.05, 0.1) is 0 Å². The van der Waals surface area contributed by atoms with Crippen LogP contribution in [-0.4, -0.2) is 5.78 Å². The summed E-state index contributed by atoms with van der Waals surface area (Å²) in [7, 11) is 0. The van der Waals surface area contributed by atoms with Gasteiger partial charge in [-0.1, -0.05) is 26.8 Å². The van der Waals surface area contributed by atoms with E-state index in [-0.39, 0.29) is 11.3 Å². The highest BCUT2D eigenvalue weighted by atomic mass is 16.1. The first-order valence-electron chi connectivity index (χ1n) is 4.13. The predicted molar refractivity (Wildman–Crippen MR) is 46.3 cm³/mol. The fourth-order valence-corrected chi connectivity index (χ4v) is 1.33. The first-order valence-corrected chi connectivity index (χ1v) is 4.13. The Kier molecular flexibility index (Phi) is 1.91. The van der Waals surface area contributed by atoms with Crippen molar-refractivity contribution in [3.8, 4) is 0 Å². The Labute approximate surface area is 68.5 Å². The number of Topliss-reactive ketones (excluding diaryl/α,β-unsaturated/α-hetero) is 1. The lowest BCUT2D eigenvalue weighted by atomic mass is 9.87. The Morgan fingerprint density at radius 1 is 1.55 bits per heavy atom. The third-order valence-corrected chi connectivity index (χ3v) is 2.22. The van der Waals surface area contributed by atoms with Crippen LogP contribution < -0.4 is 0 Å². The van der Waals surface area contributed by atoms with Gasteiger partial charge in [0.15, 0.2) is 0 Å². The van der Waals surface area contributed by atoms with Crippen LogP contribution in [-0.2, 0) is 4.79 Å². The van der Waals surface area contributed by atoms with Gasteiger partial charge in [0.2, 0.25) is 0 Å². The summed E-state index contributed by atoms with van der Waals surface area (Å²) in [6.07, 6.45) is 2.92. The molecule has 2 unspecified atom stereocenters. The monoisotopic (exact) mass is 152 g/mol. The largest absolute Gasteiger partial charge is 0.299 e. The van der Waals surface area contributed by atoms with E-state index < -0.39 is 0 Å². The van der Waals surface area contributed by atoms with Gasteiger partial charge in [-0.15, -0.1) is 6.58 Å². The molecule has 0 amide bonds. The van der Waals surface area contributed by atoms with Gasteiger partial charge >= 0.3 is 0 Å². The SMILES string of the molecule is C=CC1CC1C(=O)C(C)(C)C. The zero-order valence-electron chi connectivity index (χ0n) is 7.55. The fourth-order valence-electron chi connectivity index (χ4n) is 1.33. The molecule has 0 heterocycles. The van der Waals surface area contributed by atoms with Crippen molar-refractivity contribution in [2.75, 3.05) is 0 Å². The summed E-state index contributed by atoms with van der Waals surface area (Å²) in [6.45, 7) is 9.63. The average molecular weight is 152 g/mol. The van der Waals surface area contributed by atoms with E-state index in [0.717, 1.165) is 6.42 Å². The molecular formula is C10H16O. The van der Waals surface area contributed by atoms with Crippen LogP contribution in [0.2, 0.25) is 0 Å². The molecule has 1 saturated carbocycles. The molecule has 0 radical (unpaired) electrons. The van der Waals surface area contributed by atoms with Crippen molar-refractivity contribution in [1.29, 1.82) is 0 Å². The Balaban J connectivity index is 2.52. The zero-order chi connectivity index (χ0) is 8.65. The lowest BCUT2D eigenvalue weighted by Gasteiger charge is -2.15. The molecule has 0 saturated heterocycles. The van der Waals surface area contributed by atoms with E-state index in [0.29, 0.717) is 11.7 Å². The Morgan fingerprint density at radius 3 is 2.36 bits per heavy atom. The summed E-state index contributed by atoms with van der Waals surface area (Å²) in [5.74, 6) is 1.15. The van der Waals surface area contributed by atoms with E-state index in [1.807, 2.05) is 26.8 Å². The standard InChI is InChI=1S/C10H16O/c1-5-7-6-8(7)9(11)10(2,3)4/h5,7-8H,1,6H2,2-4H3. The molecule has 1 nitrogen and oxygen atoms in total. The minimum absolute atomic E-state index is 0.164. The molecule has 0 aromatic carbocycles. The molecule has 0 N–H and O–H groups in total. The highest BCUT2D eigenvalue weighted by molar-refractivity contribution is 5.88. The van der Waals surface area contributed by atoms with Crippen molar-refractivity contribution in [1.82, 2.24) is 0 Å². The van der Waals surface area contributed by atoms with Gasteiger partial charge in [0.1, 0.15) is 5.78 Å². The summed E-state index contributed by atoms with van der Waals surface area (Å²) in [5, 5.41) is 0. The van der Waals surface area contributed by atoms with Crippen LogP contribution in [0.1, 0.15) is 27.2 Å². The third kappa shape index (κ3) is 1.70. The second-order valence-corrected chi connectivity index (χ2v) is 4.36. The van der Waals surface area contributed by atoms with Crippen LogP contribution in [0.5, 0.6) is 0 Å². The van der Waals surface area contributed by atoms with Crippen LogP contribution in [0.3, 0.4) is 0 Å². The van der Waals surface area contributed by atoms with Gasteiger partial charge in [-0.05, 0) is 12.3 Å². The third-order valence-electron chi connectivity index (χ3n) is 2.22. The molecule has 1 fully saturated rings. The summed E-state index contributed by atoms with van der Waals surface area (Å²) in [4.78, 5) is 11.5. The second kappa shape index (κ2) is 2.47. The van der Waals surface area contributed by atoms with E-state index in [2.05, 4.69) is 6.58 Å². The maximum atomic E-state index is 11.5. The van der Waals surface area contributed by atoms with Crippen molar-refractivity contribution < 1.29 is 4.79 Å². The number of rotatable bonds is 2. The number of hydrogen-bond donors (Lipinski definition) is 0. The van der Waals surface area contributed by atoms with Gasteiger partial charge in [-0.2, -0.15) is 0 Å². The summed E-state index contributed by atoms with van der Waals surface area (Å²) in [5.41, 5.74) is -0.164. The fraction of sp³-hybridized carbons (Fsp3) is 0.700. The number of carbonyl (C=O) groups is 1. The van der Waals surface area contributed by atoms with Gasteiger partial charge in [-0.25, -0.2) is 0 Å². The van der Waals surface area contributed by atoms with E-state index >= 15 is 0 Å². The molecule has 1 aliphatic carbocycles. The van der Waals surface area contributed by atoms with Crippen LogP contribution >= 0.6 is 0 Å². The van der Waals surface area contributed by atoms with Crippen LogP contribution in [0.4, 0.5) is 0 Å². The number of carbonyl (C=O) groups excluding carboxylic acids is 1. The number of ketones is 1. The smallest absolute Gasteiger partial charge is 0.141 e. The second-order valence-electron chi connectivity index (χ2n) is 4.36. The average Bonchev–Trinajstić information content (AvgIpc) is 2.62. The summed E-state index contributed by atoms with van der Waals surface area (Å²) >= 11 is 0. The van der Waals surface area contributed by atoms with Crippen LogP contribution in [0.15, 0.2) is 12.7 Å². The number of allylic oxidation sites excluding steroid dienone is 1. The van der Waals surface area contributed by atoms with Crippen molar-refractivity contribution in [2.24, 2.45) is 17.3 Å². The molecule has 0 aromatic rings. The van der Waals surface area contributed by atoms with E-state index in [1.54, 1.807) is 0 Å². The molecule has 0 aromatic heterocycles. The normalized spacial score (nSPS) is 29.7. The molecule has 11 heavy (non-hydrogen) atoms.